The van der Waals surface area contributed by atoms with Crippen LogP contribution < -0.4 is 0 Å². The number of likely N-dealkylation sites (tertiary alicyclic amines) is 1. The largest absolute Gasteiger partial charge is 0.342 e. The molecule has 0 saturated carbocycles. The molecule has 2 heterocycles. The van der Waals surface area contributed by atoms with Crippen LogP contribution in [0.25, 0.3) is 11.4 Å². The fourth-order valence-corrected chi connectivity index (χ4v) is 3.51. The number of hydrogen-bond donors (Lipinski definition) is 0. The van der Waals surface area contributed by atoms with Gasteiger partial charge in [-0.3, -0.25) is 4.79 Å². The number of amides is 1. The number of carbonyl (C=O) groups excluding carboxylic acids is 1. The molecule has 1 aliphatic heterocycles. The molecule has 0 bridgehead atoms. The highest BCUT2D eigenvalue weighted by Gasteiger charge is 2.28. The summed E-state index contributed by atoms with van der Waals surface area (Å²) in [4.78, 5) is 19.0. The SMILES string of the molecule is CCCCCCC(=O)N1CCC[C@@H](c2nc(-c3ccc(Cl)cc3)no2)C1. The van der Waals surface area contributed by atoms with Gasteiger partial charge in [-0.25, -0.2) is 0 Å². The molecule has 140 valence electrons. The van der Waals surface area contributed by atoms with Crippen LogP contribution in [-0.2, 0) is 4.79 Å². The first kappa shape index (κ1) is 18.9. The molecule has 3 rings (SSSR count). The van der Waals surface area contributed by atoms with Gasteiger partial charge < -0.3 is 9.42 Å². The minimum Gasteiger partial charge on any atom is -0.342 e. The summed E-state index contributed by atoms with van der Waals surface area (Å²) in [6, 6.07) is 7.38. The number of carbonyl (C=O) groups is 1. The number of piperidine rings is 1. The van der Waals surface area contributed by atoms with Crippen LogP contribution in [0, 0.1) is 0 Å². The average Bonchev–Trinajstić information content (AvgIpc) is 3.16. The molecule has 1 amide bonds. The van der Waals surface area contributed by atoms with Gasteiger partial charge in [-0.15, -0.1) is 0 Å². The van der Waals surface area contributed by atoms with E-state index in [1.54, 1.807) is 0 Å². The Labute approximate surface area is 159 Å². The first-order chi connectivity index (χ1) is 12.7. The molecule has 6 heteroatoms. The van der Waals surface area contributed by atoms with Gasteiger partial charge >= 0.3 is 0 Å². The zero-order valence-corrected chi connectivity index (χ0v) is 16.0. The van der Waals surface area contributed by atoms with Crippen LogP contribution in [0.5, 0.6) is 0 Å². The lowest BCUT2D eigenvalue weighted by atomic mass is 9.97. The zero-order chi connectivity index (χ0) is 18.4. The normalized spacial score (nSPS) is 17.5. The number of hydrogen-bond acceptors (Lipinski definition) is 4. The van der Waals surface area contributed by atoms with Crippen LogP contribution in [0.1, 0.15) is 63.7 Å². The zero-order valence-electron chi connectivity index (χ0n) is 15.3. The van der Waals surface area contributed by atoms with Gasteiger partial charge in [0.15, 0.2) is 0 Å². The van der Waals surface area contributed by atoms with Crippen molar-refractivity contribution >= 4 is 17.5 Å². The number of benzene rings is 1. The van der Waals surface area contributed by atoms with Gasteiger partial charge in [-0.05, 0) is 43.5 Å². The van der Waals surface area contributed by atoms with Crippen molar-refractivity contribution in [2.24, 2.45) is 0 Å². The number of halogens is 1. The van der Waals surface area contributed by atoms with Crippen molar-refractivity contribution in [1.82, 2.24) is 15.0 Å². The van der Waals surface area contributed by atoms with Gasteiger partial charge in [0.25, 0.3) is 0 Å². The summed E-state index contributed by atoms with van der Waals surface area (Å²) in [7, 11) is 0. The Morgan fingerprint density at radius 3 is 2.85 bits per heavy atom. The van der Waals surface area contributed by atoms with Gasteiger partial charge in [0.1, 0.15) is 0 Å². The molecule has 1 aromatic heterocycles. The second-order valence-electron chi connectivity index (χ2n) is 6.95. The lowest BCUT2D eigenvalue weighted by Gasteiger charge is -2.31. The fourth-order valence-electron chi connectivity index (χ4n) is 3.38. The van der Waals surface area contributed by atoms with Crippen molar-refractivity contribution in [2.75, 3.05) is 13.1 Å². The third-order valence-corrected chi connectivity index (χ3v) is 5.16. The minimum absolute atomic E-state index is 0.122. The molecular formula is C20H26ClN3O2. The lowest BCUT2D eigenvalue weighted by Crippen LogP contribution is -2.39. The highest BCUT2D eigenvalue weighted by atomic mass is 35.5. The summed E-state index contributed by atoms with van der Waals surface area (Å²) in [5, 5.41) is 4.78. The van der Waals surface area contributed by atoms with E-state index in [-0.39, 0.29) is 11.8 Å². The van der Waals surface area contributed by atoms with Crippen molar-refractivity contribution in [1.29, 1.82) is 0 Å². The molecular weight excluding hydrogens is 350 g/mol. The van der Waals surface area contributed by atoms with E-state index < -0.39 is 0 Å². The van der Waals surface area contributed by atoms with Gasteiger partial charge in [-0.2, -0.15) is 4.98 Å². The molecule has 1 saturated heterocycles. The molecule has 0 spiro atoms. The number of nitrogens with zero attached hydrogens (tertiary/aromatic N) is 3. The molecule has 0 N–H and O–H groups in total. The van der Waals surface area contributed by atoms with E-state index in [1.807, 2.05) is 29.2 Å². The quantitative estimate of drug-likeness (QED) is 0.634. The van der Waals surface area contributed by atoms with E-state index in [9.17, 15) is 4.79 Å². The van der Waals surface area contributed by atoms with Gasteiger partial charge in [-0.1, -0.05) is 42.9 Å². The molecule has 1 atom stereocenters. The van der Waals surface area contributed by atoms with E-state index in [2.05, 4.69) is 17.1 Å². The maximum atomic E-state index is 12.4. The standard InChI is InChI=1S/C20H26ClN3O2/c1-2-3-4-5-8-18(25)24-13-6-7-16(14-24)20-22-19(23-26-20)15-9-11-17(21)12-10-15/h9-12,16H,2-8,13-14H2,1H3/t16-/m1/s1. The highest BCUT2D eigenvalue weighted by molar-refractivity contribution is 6.30. The van der Waals surface area contributed by atoms with Crippen LogP contribution in [0.15, 0.2) is 28.8 Å². The number of unbranched alkanes of at least 4 members (excludes halogenated alkanes) is 3. The summed E-state index contributed by atoms with van der Waals surface area (Å²) in [5.41, 5.74) is 0.879. The van der Waals surface area contributed by atoms with Crippen LogP contribution in [0.2, 0.25) is 5.02 Å². The third-order valence-electron chi connectivity index (χ3n) is 4.91. The van der Waals surface area contributed by atoms with Crippen molar-refractivity contribution in [3.05, 3.63) is 35.2 Å². The average molecular weight is 376 g/mol. The summed E-state index contributed by atoms with van der Waals surface area (Å²) in [6.45, 7) is 3.69. The summed E-state index contributed by atoms with van der Waals surface area (Å²) < 4.78 is 5.50. The highest BCUT2D eigenvalue weighted by Crippen LogP contribution is 2.28. The molecule has 26 heavy (non-hydrogen) atoms. The predicted octanol–water partition coefficient (Wildman–Crippen LogP) is 5.07. The number of aromatic nitrogens is 2. The molecule has 0 aliphatic carbocycles. The maximum absolute atomic E-state index is 12.4. The predicted molar refractivity (Wildman–Crippen MR) is 102 cm³/mol. The molecule has 0 radical (unpaired) electrons. The summed E-state index contributed by atoms with van der Waals surface area (Å²) >= 11 is 5.92. The molecule has 1 fully saturated rings. The minimum atomic E-state index is 0.122. The topological polar surface area (TPSA) is 59.2 Å². The Morgan fingerprint density at radius 2 is 2.08 bits per heavy atom. The van der Waals surface area contributed by atoms with E-state index in [0.29, 0.717) is 29.7 Å². The lowest BCUT2D eigenvalue weighted by molar-refractivity contribution is -0.132. The van der Waals surface area contributed by atoms with Crippen LogP contribution >= 0.6 is 11.6 Å². The van der Waals surface area contributed by atoms with Gasteiger partial charge in [0.2, 0.25) is 17.6 Å². The Hall–Kier alpha value is -1.88. The smallest absolute Gasteiger partial charge is 0.231 e. The molecule has 5 nitrogen and oxygen atoms in total. The van der Waals surface area contributed by atoms with E-state index in [4.69, 9.17) is 16.1 Å². The first-order valence-corrected chi connectivity index (χ1v) is 9.92. The monoisotopic (exact) mass is 375 g/mol. The molecule has 0 unspecified atom stereocenters. The molecule has 1 aliphatic rings. The maximum Gasteiger partial charge on any atom is 0.231 e. The second kappa shape index (κ2) is 9.17. The van der Waals surface area contributed by atoms with Crippen molar-refractivity contribution in [2.45, 2.75) is 57.8 Å². The van der Waals surface area contributed by atoms with Crippen molar-refractivity contribution in [3.8, 4) is 11.4 Å². The van der Waals surface area contributed by atoms with E-state index in [0.717, 1.165) is 37.8 Å². The second-order valence-corrected chi connectivity index (χ2v) is 7.39. The van der Waals surface area contributed by atoms with E-state index in [1.165, 1.54) is 12.8 Å². The fraction of sp³-hybridized carbons (Fsp3) is 0.550. The first-order valence-electron chi connectivity index (χ1n) is 9.54. The Kier molecular flexibility index (Phi) is 6.67. The van der Waals surface area contributed by atoms with Crippen molar-refractivity contribution < 1.29 is 9.32 Å². The van der Waals surface area contributed by atoms with Gasteiger partial charge in [0.05, 0.1) is 5.92 Å². The molecule has 1 aromatic carbocycles. The van der Waals surface area contributed by atoms with Crippen LogP contribution in [0.3, 0.4) is 0 Å². The summed E-state index contributed by atoms with van der Waals surface area (Å²) in [5.74, 6) is 1.57. The van der Waals surface area contributed by atoms with Crippen LogP contribution in [0.4, 0.5) is 0 Å². The van der Waals surface area contributed by atoms with Crippen LogP contribution in [-0.4, -0.2) is 34.0 Å². The Morgan fingerprint density at radius 1 is 1.27 bits per heavy atom. The molecule has 2 aromatic rings. The Balaban J connectivity index is 1.59. The Bertz CT molecular complexity index is 714. The number of rotatable bonds is 7. The third kappa shape index (κ3) is 4.85. The summed E-state index contributed by atoms with van der Waals surface area (Å²) in [6.07, 6.45) is 7.10. The van der Waals surface area contributed by atoms with Crippen molar-refractivity contribution in [3.63, 3.8) is 0 Å². The van der Waals surface area contributed by atoms with E-state index >= 15 is 0 Å². The van der Waals surface area contributed by atoms with Gasteiger partial charge in [0, 0.05) is 30.1 Å².